The molecule has 0 aromatic heterocycles. The summed E-state index contributed by atoms with van der Waals surface area (Å²) in [6.45, 7) is 6.05. The molecule has 2 N–H and O–H groups in total. The molecule has 1 saturated heterocycles. The number of nitrogens with one attached hydrogen (secondary N) is 1. The Morgan fingerprint density at radius 2 is 1.85 bits per heavy atom. The van der Waals surface area contributed by atoms with Gasteiger partial charge in [0.1, 0.15) is 11.9 Å². The Morgan fingerprint density at radius 1 is 1.18 bits per heavy atom. The number of hydrogen-bond acceptors (Lipinski definition) is 7. The highest BCUT2D eigenvalue weighted by Crippen LogP contribution is 2.19. The van der Waals surface area contributed by atoms with Crippen molar-refractivity contribution >= 4 is 17.9 Å². The molecular weight excluding hydrogens is 437 g/mol. The second-order valence-electron chi connectivity index (χ2n) is 8.72. The molecule has 2 aliphatic heterocycles. The van der Waals surface area contributed by atoms with Crippen LogP contribution in [-0.2, 0) is 9.63 Å². The normalized spacial score (nSPS) is 20.2. The van der Waals surface area contributed by atoms with Crippen LogP contribution in [0, 0.1) is 5.82 Å². The van der Waals surface area contributed by atoms with Gasteiger partial charge in [-0.05, 0) is 35.7 Å². The Morgan fingerprint density at radius 3 is 2.53 bits per heavy atom. The van der Waals surface area contributed by atoms with Gasteiger partial charge in [0.2, 0.25) is 0 Å². The standard InChI is InChI=1S/C25H30FN5O3/c1-18(20-6-8-22(26)9-7-20)28-27-15-19-2-4-21(5-3-19)24-14-23(34-29-24)16-30-10-12-31(13-11-30)17-25(32)33/h2-9,15,18,23,28H,10-14,16-17H2,1H3,(H,32,33)/b27-15+. The Labute approximate surface area is 198 Å². The Balaban J connectivity index is 1.21. The van der Waals surface area contributed by atoms with Crippen molar-refractivity contribution in [2.45, 2.75) is 25.5 Å². The van der Waals surface area contributed by atoms with Crippen molar-refractivity contribution in [2.75, 3.05) is 39.3 Å². The van der Waals surface area contributed by atoms with Crippen LogP contribution in [0.4, 0.5) is 4.39 Å². The maximum Gasteiger partial charge on any atom is 0.317 e. The number of oxime groups is 1. The van der Waals surface area contributed by atoms with Gasteiger partial charge < -0.3 is 15.4 Å². The number of rotatable bonds is 9. The fraction of sp³-hybridized carbons (Fsp3) is 0.400. The summed E-state index contributed by atoms with van der Waals surface area (Å²) in [7, 11) is 0. The summed E-state index contributed by atoms with van der Waals surface area (Å²) < 4.78 is 13.1. The lowest BCUT2D eigenvalue weighted by molar-refractivity contribution is -0.138. The molecule has 2 aromatic carbocycles. The van der Waals surface area contributed by atoms with E-state index in [0.29, 0.717) is 0 Å². The number of hydrazone groups is 1. The van der Waals surface area contributed by atoms with Crippen molar-refractivity contribution in [3.63, 3.8) is 0 Å². The van der Waals surface area contributed by atoms with Gasteiger partial charge in [-0.1, -0.05) is 41.6 Å². The van der Waals surface area contributed by atoms with Gasteiger partial charge in [-0.25, -0.2) is 4.39 Å². The number of carbonyl (C=O) groups is 1. The molecule has 2 aromatic rings. The van der Waals surface area contributed by atoms with Crippen molar-refractivity contribution in [1.29, 1.82) is 0 Å². The minimum absolute atomic E-state index is 0.0133. The quantitative estimate of drug-likeness (QED) is 0.436. The fourth-order valence-electron chi connectivity index (χ4n) is 4.12. The highest BCUT2D eigenvalue weighted by molar-refractivity contribution is 6.01. The molecule has 34 heavy (non-hydrogen) atoms. The number of carboxylic acids is 1. The largest absolute Gasteiger partial charge is 0.480 e. The van der Waals surface area contributed by atoms with Crippen LogP contribution in [0.5, 0.6) is 0 Å². The van der Waals surface area contributed by atoms with E-state index in [2.05, 4.69) is 20.6 Å². The molecule has 1 fully saturated rings. The van der Waals surface area contributed by atoms with Gasteiger partial charge in [0.25, 0.3) is 0 Å². The summed E-state index contributed by atoms with van der Waals surface area (Å²) >= 11 is 0. The Bertz CT molecular complexity index is 1020. The molecular formula is C25H30FN5O3. The molecule has 0 aliphatic carbocycles. The van der Waals surface area contributed by atoms with Crippen LogP contribution < -0.4 is 5.43 Å². The summed E-state index contributed by atoms with van der Waals surface area (Å²) in [5.74, 6) is -1.03. The van der Waals surface area contributed by atoms with E-state index in [9.17, 15) is 9.18 Å². The third-order valence-corrected chi connectivity index (χ3v) is 6.11. The van der Waals surface area contributed by atoms with Crippen LogP contribution in [0.15, 0.2) is 58.8 Å². The molecule has 0 radical (unpaired) electrons. The Hall–Kier alpha value is -3.30. The maximum atomic E-state index is 13.1. The minimum Gasteiger partial charge on any atom is -0.480 e. The van der Waals surface area contributed by atoms with Gasteiger partial charge in [0.15, 0.2) is 0 Å². The van der Waals surface area contributed by atoms with Crippen LogP contribution in [0.25, 0.3) is 0 Å². The third-order valence-electron chi connectivity index (χ3n) is 6.11. The van der Waals surface area contributed by atoms with E-state index in [0.717, 1.165) is 61.5 Å². The van der Waals surface area contributed by atoms with Gasteiger partial charge >= 0.3 is 5.97 Å². The monoisotopic (exact) mass is 467 g/mol. The van der Waals surface area contributed by atoms with Crippen molar-refractivity contribution in [3.05, 3.63) is 71.0 Å². The number of piperazine rings is 1. The summed E-state index contributed by atoms with van der Waals surface area (Å²) in [4.78, 5) is 20.8. The molecule has 2 unspecified atom stereocenters. The number of benzene rings is 2. The first-order valence-electron chi connectivity index (χ1n) is 11.5. The lowest BCUT2D eigenvalue weighted by Crippen LogP contribution is -2.49. The molecule has 2 aliphatic rings. The number of carboxylic acid groups (broad SMARTS) is 1. The van der Waals surface area contributed by atoms with E-state index in [-0.39, 0.29) is 24.5 Å². The summed E-state index contributed by atoms with van der Waals surface area (Å²) in [6, 6.07) is 14.3. The van der Waals surface area contributed by atoms with Crippen molar-refractivity contribution < 1.29 is 19.1 Å². The molecule has 0 saturated carbocycles. The van der Waals surface area contributed by atoms with E-state index >= 15 is 0 Å². The fourth-order valence-corrected chi connectivity index (χ4v) is 4.12. The molecule has 2 atom stereocenters. The van der Waals surface area contributed by atoms with Gasteiger partial charge in [-0.15, -0.1) is 0 Å². The Kier molecular flexibility index (Phi) is 7.87. The highest BCUT2D eigenvalue weighted by Gasteiger charge is 2.26. The number of halogens is 1. The molecule has 0 amide bonds. The summed E-state index contributed by atoms with van der Waals surface area (Å²) in [5.41, 5.74) is 6.94. The maximum absolute atomic E-state index is 13.1. The molecule has 2 heterocycles. The zero-order valence-corrected chi connectivity index (χ0v) is 19.2. The van der Waals surface area contributed by atoms with E-state index in [1.165, 1.54) is 12.1 Å². The third kappa shape index (κ3) is 6.61. The first-order chi connectivity index (χ1) is 16.5. The van der Waals surface area contributed by atoms with Crippen molar-refractivity contribution in [3.8, 4) is 0 Å². The van der Waals surface area contributed by atoms with Gasteiger partial charge in [0, 0.05) is 39.1 Å². The molecule has 180 valence electrons. The smallest absolute Gasteiger partial charge is 0.317 e. The van der Waals surface area contributed by atoms with Crippen LogP contribution in [0.2, 0.25) is 0 Å². The average molecular weight is 468 g/mol. The SMILES string of the molecule is CC(N/N=C/c1ccc(C2=NOC(CN3CCN(CC(=O)O)CC3)C2)cc1)c1ccc(F)cc1. The highest BCUT2D eigenvalue weighted by atomic mass is 19.1. The van der Waals surface area contributed by atoms with Crippen LogP contribution in [0.3, 0.4) is 0 Å². The predicted molar refractivity (Wildman–Crippen MR) is 129 cm³/mol. The van der Waals surface area contributed by atoms with E-state index in [4.69, 9.17) is 9.94 Å². The second-order valence-corrected chi connectivity index (χ2v) is 8.72. The lowest BCUT2D eigenvalue weighted by atomic mass is 10.0. The molecule has 8 nitrogen and oxygen atoms in total. The van der Waals surface area contributed by atoms with Gasteiger partial charge in [-0.2, -0.15) is 5.10 Å². The topological polar surface area (TPSA) is 89.8 Å². The first kappa shape index (κ1) is 23.8. The zero-order chi connectivity index (χ0) is 23.9. The van der Waals surface area contributed by atoms with E-state index in [1.54, 1.807) is 18.3 Å². The average Bonchev–Trinajstić information content (AvgIpc) is 3.29. The number of nitrogens with zero attached hydrogens (tertiary/aromatic N) is 4. The van der Waals surface area contributed by atoms with Crippen LogP contribution in [-0.4, -0.2) is 78.2 Å². The van der Waals surface area contributed by atoms with E-state index in [1.807, 2.05) is 36.1 Å². The predicted octanol–water partition coefficient (Wildman–Crippen LogP) is 2.71. The zero-order valence-electron chi connectivity index (χ0n) is 19.2. The summed E-state index contributed by atoms with van der Waals surface area (Å²) in [6.07, 6.45) is 2.52. The van der Waals surface area contributed by atoms with E-state index < -0.39 is 5.97 Å². The molecule has 4 rings (SSSR count). The second kappa shape index (κ2) is 11.2. The van der Waals surface area contributed by atoms with Crippen LogP contribution >= 0.6 is 0 Å². The van der Waals surface area contributed by atoms with Gasteiger partial charge in [-0.3, -0.25) is 14.6 Å². The number of aliphatic carboxylic acids is 1. The molecule has 0 spiro atoms. The van der Waals surface area contributed by atoms with Gasteiger partial charge in [0.05, 0.1) is 24.5 Å². The van der Waals surface area contributed by atoms with Crippen LogP contribution in [0.1, 0.15) is 36.1 Å². The number of hydrogen-bond donors (Lipinski definition) is 2. The molecule has 9 heteroatoms. The lowest BCUT2D eigenvalue weighted by Gasteiger charge is -2.34. The van der Waals surface area contributed by atoms with Crippen molar-refractivity contribution in [1.82, 2.24) is 15.2 Å². The summed E-state index contributed by atoms with van der Waals surface area (Å²) in [5, 5.41) is 17.5. The minimum atomic E-state index is -0.779. The first-order valence-corrected chi connectivity index (χ1v) is 11.5. The molecule has 0 bridgehead atoms. The van der Waals surface area contributed by atoms with Crippen molar-refractivity contribution in [2.24, 2.45) is 10.3 Å².